The number of ether oxygens (including phenoxy) is 1. The molecule has 2 rings (SSSR count). The van der Waals surface area contributed by atoms with Crippen LogP contribution in [0.25, 0.3) is 11.2 Å². The van der Waals surface area contributed by atoms with E-state index in [2.05, 4.69) is 21.9 Å². The molecule has 2 N–H and O–H groups in total. The highest BCUT2D eigenvalue weighted by Crippen LogP contribution is 2.42. The molecule has 0 amide bonds. The van der Waals surface area contributed by atoms with Crippen molar-refractivity contribution in [2.24, 2.45) is 0 Å². The fourth-order valence-electron chi connectivity index (χ4n) is 4.22. The summed E-state index contributed by atoms with van der Waals surface area (Å²) in [4.78, 5) is 12.6. The van der Waals surface area contributed by atoms with Crippen molar-refractivity contribution in [1.82, 2.24) is 19.5 Å². The number of imidazole rings is 1. The summed E-state index contributed by atoms with van der Waals surface area (Å²) in [5.74, 6) is 1.50. The van der Waals surface area contributed by atoms with Crippen molar-refractivity contribution in [3.05, 3.63) is 12.7 Å². The standard InChI is InChI=1S/C27H49N5O2PS2/c1-4-5-6-7-8-9-10-11-12-13-14-15-16-17-18-36-37-24(3)35(33)22-34-23(2)19-32-21-31-25-26(28)29-20-30-27(25)32/h20-21,23-24H,4-19,22H2,1-3H3,(H2,28,29,30)/q+1. The van der Waals surface area contributed by atoms with Gasteiger partial charge in [0.25, 0.3) is 0 Å². The van der Waals surface area contributed by atoms with Crippen molar-refractivity contribution >= 4 is 46.4 Å². The van der Waals surface area contributed by atoms with Crippen molar-refractivity contribution in [3.8, 4) is 0 Å². The average molecular weight is 571 g/mol. The summed E-state index contributed by atoms with van der Waals surface area (Å²) in [6.45, 7) is 6.87. The van der Waals surface area contributed by atoms with Crippen LogP contribution in [0.5, 0.6) is 0 Å². The molecule has 0 aliphatic rings. The summed E-state index contributed by atoms with van der Waals surface area (Å²) in [6.07, 6.45) is 22.7. The Morgan fingerprint density at radius 1 is 0.919 bits per heavy atom. The molecule has 0 spiro atoms. The van der Waals surface area contributed by atoms with Gasteiger partial charge in [-0.15, -0.1) is 0 Å². The maximum absolute atomic E-state index is 12.6. The van der Waals surface area contributed by atoms with E-state index < -0.39 is 7.80 Å². The molecule has 37 heavy (non-hydrogen) atoms. The van der Waals surface area contributed by atoms with Crippen LogP contribution in [0.4, 0.5) is 5.82 Å². The molecule has 0 radical (unpaired) electrons. The Hall–Kier alpha value is -0.890. The third-order valence-corrected chi connectivity index (χ3v) is 11.9. The first-order valence-electron chi connectivity index (χ1n) is 14.3. The zero-order valence-corrected chi connectivity index (χ0v) is 25.8. The molecule has 2 heterocycles. The van der Waals surface area contributed by atoms with Crippen LogP contribution < -0.4 is 5.73 Å². The molecule has 0 fully saturated rings. The molecule has 0 saturated carbocycles. The number of hydrogen-bond donors (Lipinski definition) is 1. The fourth-order valence-corrected chi connectivity index (χ4v) is 8.66. The van der Waals surface area contributed by atoms with Gasteiger partial charge in [-0.1, -0.05) is 106 Å². The summed E-state index contributed by atoms with van der Waals surface area (Å²) in [7, 11) is 2.17. The lowest BCUT2D eigenvalue weighted by molar-refractivity contribution is 0.0880. The largest absolute Gasteiger partial charge is 0.382 e. The third-order valence-electron chi connectivity index (χ3n) is 6.56. The van der Waals surface area contributed by atoms with Gasteiger partial charge in [-0.3, -0.25) is 0 Å². The Morgan fingerprint density at radius 3 is 2.14 bits per heavy atom. The number of anilines is 1. The number of rotatable bonds is 23. The maximum atomic E-state index is 12.6. The first-order chi connectivity index (χ1) is 18.0. The minimum atomic E-state index is -1.42. The zero-order chi connectivity index (χ0) is 26.7. The normalized spacial score (nSPS) is 13.8. The lowest BCUT2D eigenvalue weighted by Gasteiger charge is -2.11. The van der Waals surface area contributed by atoms with E-state index in [-0.39, 0.29) is 17.4 Å². The predicted octanol–water partition coefficient (Wildman–Crippen LogP) is 8.81. The monoisotopic (exact) mass is 570 g/mol. The summed E-state index contributed by atoms with van der Waals surface area (Å²) < 4.78 is 20.4. The molecule has 7 nitrogen and oxygen atoms in total. The molecule has 0 bridgehead atoms. The molecule has 2 aromatic heterocycles. The topological polar surface area (TPSA) is 95.9 Å². The van der Waals surface area contributed by atoms with Crippen LogP contribution in [0, 0.1) is 0 Å². The SMILES string of the molecule is CCCCCCCCCCCCCCCCSSC(C)[P+](=O)COC(C)Cn1cnc2c(N)ncnc21. The van der Waals surface area contributed by atoms with Crippen molar-refractivity contribution in [2.45, 2.75) is 128 Å². The molecule has 0 saturated heterocycles. The van der Waals surface area contributed by atoms with E-state index in [1.54, 1.807) is 17.1 Å². The molecule has 10 heteroatoms. The molecular weight excluding hydrogens is 521 g/mol. The summed E-state index contributed by atoms with van der Waals surface area (Å²) in [5, 5.41) is 0. The molecular formula is C27H49N5O2PS2+. The van der Waals surface area contributed by atoms with Gasteiger partial charge in [-0.25, -0.2) is 15.0 Å². The Labute approximate surface area is 233 Å². The second-order valence-electron chi connectivity index (χ2n) is 9.97. The molecule has 2 aromatic rings. The van der Waals surface area contributed by atoms with Gasteiger partial charge in [-0.2, -0.15) is 0 Å². The summed E-state index contributed by atoms with van der Waals surface area (Å²) in [5.41, 5.74) is 7.14. The fraction of sp³-hybridized carbons (Fsp3) is 0.815. The highest BCUT2D eigenvalue weighted by Gasteiger charge is 2.27. The van der Waals surface area contributed by atoms with Crippen LogP contribution in [-0.4, -0.2) is 42.7 Å². The number of aromatic nitrogens is 4. The number of nitrogen functional groups attached to an aromatic ring is 1. The number of hydrogen-bond acceptors (Lipinski definition) is 8. The number of nitrogens with zero attached hydrogens (tertiary/aromatic N) is 4. The van der Waals surface area contributed by atoms with E-state index >= 15 is 0 Å². The van der Waals surface area contributed by atoms with Crippen LogP contribution in [0.15, 0.2) is 12.7 Å². The second-order valence-corrected chi connectivity index (χ2v) is 15.0. The van der Waals surface area contributed by atoms with Gasteiger partial charge in [0, 0.05) is 5.75 Å². The average Bonchev–Trinajstić information content (AvgIpc) is 3.30. The first kappa shape index (κ1) is 32.3. The van der Waals surface area contributed by atoms with E-state index in [0.717, 1.165) is 5.75 Å². The Kier molecular flexibility index (Phi) is 17.5. The van der Waals surface area contributed by atoms with Crippen molar-refractivity contribution in [2.75, 3.05) is 17.8 Å². The zero-order valence-electron chi connectivity index (χ0n) is 23.3. The lowest BCUT2D eigenvalue weighted by atomic mass is 10.0. The maximum Gasteiger partial charge on any atom is 0.381 e. The van der Waals surface area contributed by atoms with Crippen molar-refractivity contribution in [1.29, 1.82) is 0 Å². The molecule has 3 unspecified atom stereocenters. The van der Waals surface area contributed by atoms with Crippen LogP contribution in [0.3, 0.4) is 0 Å². The van der Waals surface area contributed by atoms with E-state index in [4.69, 9.17) is 10.5 Å². The summed E-state index contributed by atoms with van der Waals surface area (Å²) >= 11 is 0. The van der Waals surface area contributed by atoms with Crippen LogP contribution in [0.2, 0.25) is 0 Å². The minimum Gasteiger partial charge on any atom is -0.382 e. The highest BCUT2D eigenvalue weighted by molar-refractivity contribution is 8.77. The van der Waals surface area contributed by atoms with E-state index in [9.17, 15) is 4.57 Å². The van der Waals surface area contributed by atoms with Gasteiger partial charge in [0.15, 0.2) is 11.5 Å². The Bertz CT molecular complexity index is 886. The van der Waals surface area contributed by atoms with E-state index in [1.807, 2.05) is 29.2 Å². The van der Waals surface area contributed by atoms with Crippen LogP contribution >= 0.6 is 29.4 Å². The molecule has 0 aliphatic heterocycles. The molecule has 0 aromatic carbocycles. The highest BCUT2D eigenvalue weighted by atomic mass is 33.1. The van der Waals surface area contributed by atoms with Gasteiger partial charge in [0.2, 0.25) is 11.3 Å². The molecule has 3 atom stereocenters. The van der Waals surface area contributed by atoms with Crippen molar-refractivity contribution in [3.63, 3.8) is 0 Å². The molecule has 0 aliphatic carbocycles. The Balaban J connectivity index is 1.42. The van der Waals surface area contributed by atoms with Crippen molar-refractivity contribution < 1.29 is 9.30 Å². The van der Waals surface area contributed by atoms with E-state index in [1.165, 1.54) is 96.2 Å². The quantitative estimate of drug-likeness (QED) is 0.0804. The second kappa shape index (κ2) is 20.1. The predicted molar refractivity (Wildman–Crippen MR) is 163 cm³/mol. The lowest BCUT2D eigenvalue weighted by Crippen LogP contribution is -2.16. The third kappa shape index (κ3) is 13.6. The first-order valence-corrected chi connectivity index (χ1v) is 18.2. The molecule has 210 valence electrons. The van der Waals surface area contributed by atoms with Gasteiger partial charge in [-0.05, 0) is 31.1 Å². The number of fused-ring (bicyclic) bond motifs is 1. The smallest absolute Gasteiger partial charge is 0.381 e. The number of unbranched alkanes of at least 4 members (excludes halogenated alkanes) is 13. The van der Waals surface area contributed by atoms with Gasteiger partial charge in [0.05, 0.1) is 19.0 Å². The summed E-state index contributed by atoms with van der Waals surface area (Å²) in [6, 6.07) is 0. The van der Waals surface area contributed by atoms with Gasteiger partial charge >= 0.3 is 7.80 Å². The van der Waals surface area contributed by atoms with E-state index in [0.29, 0.717) is 23.5 Å². The van der Waals surface area contributed by atoms with Gasteiger partial charge < -0.3 is 15.0 Å². The number of nitrogens with two attached hydrogens (primary N) is 1. The van der Waals surface area contributed by atoms with Crippen LogP contribution in [-0.2, 0) is 15.8 Å². The minimum absolute atomic E-state index is 0.0838. The Morgan fingerprint density at radius 2 is 1.51 bits per heavy atom. The van der Waals surface area contributed by atoms with Gasteiger partial charge in [0.1, 0.15) is 11.8 Å². The van der Waals surface area contributed by atoms with Crippen LogP contribution in [0.1, 0.15) is 111 Å².